The van der Waals surface area contributed by atoms with Gasteiger partial charge < -0.3 is 10.2 Å². The third-order valence-electron chi connectivity index (χ3n) is 5.22. The minimum absolute atomic E-state index is 0.570. The van der Waals surface area contributed by atoms with Crippen molar-refractivity contribution in [3.8, 4) is 0 Å². The molecule has 112 valence electrons. The van der Waals surface area contributed by atoms with Gasteiger partial charge in [0.2, 0.25) is 0 Å². The first-order valence-corrected chi connectivity index (χ1v) is 8.63. The lowest BCUT2D eigenvalue weighted by Crippen LogP contribution is -2.46. The van der Waals surface area contributed by atoms with Gasteiger partial charge >= 0.3 is 0 Å². The molecule has 19 heavy (non-hydrogen) atoms. The second-order valence-corrected chi connectivity index (χ2v) is 7.21. The fourth-order valence-corrected chi connectivity index (χ4v) is 3.55. The molecule has 2 aliphatic carbocycles. The molecule has 0 saturated heterocycles. The van der Waals surface area contributed by atoms with Crippen LogP contribution in [-0.2, 0) is 0 Å². The molecule has 0 amide bonds. The first-order chi connectivity index (χ1) is 9.17. The molecule has 0 spiro atoms. The van der Waals surface area contributed by atoms with Crippen molar-refractivity contribution in [1.82, 2.24) is 10.2 Å². The van der Waals surface area contributed by atoms with E-state index in [4.69, 9.17) is 0 Å². The standard InChI is InChI=1S/C17H34N2/c1-4-12-19(5-2)14-17(13-18-16-6-7-16)10-8-15(3)9-11-17/h15-16,18H,4-14H2,1-3H3. The number of hydrogen-bond acceptors (Lipinski definition) is 2. The molecule has 0 atom stereocenters. The Balaban J connectivity index is 1.91. The zero-order valence-electron chi connectivity index (χ0n) is 13.4. The van der Waals surface area contributed by atoms with Gasteiger partial charge in [0, 0.05) is 19.1 Å². The minimum atomic E-state index is 0.570. The summed E-state index contributed by atoms with van der Waals surface area (Å²) in [6.45, 7) is 12.1. The topological polar surface area (TPSA) is 15.3 Å². The van der Waals surface area contributed by atoms with Crippen molar-refractivity contribution in [1.29, 1.82) is 0 Å². The molecular weight excluding hydrogens is 232 g/mol. The van der Waals surface area contributed by atoms with Gasteiger partial charge in [0.15, 0.2) is 0 Å². The van der Waals surface area contributed by atoms with Crippen LogP contribution in [0.15, 0.2) is 0 Å². The highest BCUT2D eigenvalue weighted by atomic mass is 15.1. The molecule has 2 fully saturated rings. The van der Waals surface area contributed by atoms with Crippen LogP contribution in [0.5, 0.6) is 0 Å². The normalized spacial score (nSPS) is 31.9. The highest BCUT2D eigenvalue weighted by molar-refractivity contribution is 4.92. The zero-order valence-corrected chi connectivity index (χ0v) is 13.4. The highest BCUT2D eigenvalue weighted by Gasteiger charge is 2.36. The fraction of sp³-hybridized carbons (Fsp3) is 1.00. The number of hydrogen-bond donors (Lipinski definition) is 1. The van der Waals surface area contributed by atoms with Crippen LogP contribution >= 0.6 is 0 Å². The average Bonchev–Trinajstić information content (AvgIpc) is 3.23. The predicted molar refractivity (Wildman–Crippen MR) is 83.5 cm³/mol. The van der Waals surface area contributed by atoms with Crippen LogP contribution in [-0.4, -0.2) is 37.1 Å². The summed E-state index contributed by atoms with van der Waals surface area (Å²) in [5.74, 6) is 0.954. The Labute approximate surface area is 120 Å². The van der Waals surface area contributed by atoms with Crippen molar-refractivity contribution in [2.45, 2.75) is 71.8 Å². The van der Waals surface area contributed by atoms with Crippen LogP contribution in [0.2, 0.25) is 0 Å². The van der Waals surface area contributed by atoms with Crippen LogP contribution in [0.3, 0.4) is 0 Å². The fourth-order valence-electron chi connectivity index (χ4n) is 3.55. The van der Waals surface area contributed by atoms with Gasteiger partial charge in [0.05, 0.1) is 0 Å². The molecule has 2 nitrogen and oxygen atoms in total. The van der Waals surface area contributed by atoms with Gasteiger partial charge in [-0.15, -0.1) is 0 Å². The van der Waals surface area contributed by atoms with E-state index in [1.165, 1.54) is 71.1 Å². The second kappa shape index (κ2) is 7.08. The first kappa shape index (κ1) is 15.3. The van der Waals surface area contributed by atoms with Crippen molar-refractivity contribution >= 4 is 0 Å². The molecule has 0 aromatic rings. The van der Waals surface area contributed by atoms with Crippen LogP contribution in [0.25, 0.3) is 0 Å². The van der Waals surface area contributed by atoms with E-state index >= 15 is 0 Å². The molecule has 2 rings (SSSR count). The maximum absolute atomic E-state index is 3.83. The zero-order chi connectivity index (χ0) is 13.7. The minimum Gasteiger partial charge on any atom is -0.313 e. The van der Waals surface area contributed by atoms with Gasteiger partial charge in [-0.25, -0.2) is 0 Å². The highest BCUT2D eigenvalue weighted by Crippen LogP contribution is 2.39. The van der Waals surface area contributed by atoms with Gasteiger partial charge in [0.25, 0.3) is 0 Å². The second-order valence-electron chi connectivity index (χ2n) is 7.21. The molecule has 0 aromatic heterocycles. The van der Waals surface area contributed by atoms with Crippen LogP contribution in [0, 0.1) is 11.3 Å². The summed E-state index contributed by atoms with van der Waals surface area (Å²) in [4.78, 5) is 2.69. The van der Waals surface area contributed by atoms with Crippen molar-refractivity contribution in [2.24, 2.45) is 11.3 Å². The lowest BCUT2D eigenvalue weighted by molar-refractivity contribution is 0.0884. The molecule has 1 N–H and O–H groups in total. The number of nitrogens with zero attached hydrogens (tertiary/aromatic N) is 1. The van der Waals surface area contributed by atoms with Crippen molar-refractivity contribution in [3.05, 3.63) is 0 Å². The van der Waals surface area contributed by atoms with E-state index in [1.807, 2.05) is 0 Å². The molecule has 0 aromatic carbocycles. The predicted octanol–water partition coefficient (Wildman–Crippen LogP) is 3.67. The first-order valence-electron chi connectivity index (χ1n) is 8.63. The average molecular weight is 266 g/mol. The summed E-state index contributed by atoms with van der Waals surface area (Å²) < 4.78 is 0. The van der Waals surface area contributed by atoms with E-state index in [0.29, 0.717) is 5.41 Å². The Kier molecular flexibility index (Phi) is 5.70. The molecule has 2 aliphatic rings. The van der Waals surface area contributed by atoms with Gasteiger partial charge in [-0.2, -0.15) is 0 Å². The maximum Gasteiger partial charge on any atom is 0.00684 e. The van der Waals surface area contributed by atoms with Crippen molar-refractivity contribution < 1.29 is 0 Å². The molecule has 0 radical (unpaired) electrons. The Bertz CT molecular complexity index is 252. The molecule has 0 bridgehead atoms. The van der Waals surface area contributed by atoms with Crippen molar-refractivity contribution in [3.63, 3.8) is 0 Å². The lowest BCUT2D eigenvalue weighted by Gasteiger charge is -2.43. The van der Waals surface area contributed by atoms with Gasteiger partial charge in [-0.05, 0) is 56.5 Å². The van der Waals surface area contributed by atoms with E-state index in [1.54, 1.807) is 0 Å². The van der Waals surface area contributed by atoms with Crippen LogP contribution in [0.4, 0.5) is 0 Å². The van der Waals surface area contributed by atoms with Gasteiger partial charge in [-0.3, -0.25) is 0 Å². The number of nitrogens with one attached hydrogen (secondary N) is 1. The monoisotopic (exact) mass is 266 g/mol. The molecule has 2 heteroatoms. The Morgan fingerprint density at radius 2 is 1.79 bits per heavy atom. The summed E-state index contributed by atoms with van der Waals surface area (Å²) in [5.41, 5.74) is 0.570. The summed E-state index contributed by atoms with van der Waals surface area (Å²) in [5, 5.41) is 3.83. The Hall–Kier alpha value is -0.0800. The quantitative estimate of drug-likeness (QED) is 0.721. The van der Waals surface area contributed by atoms with Crippen LogP contribution in [0.1, 0.15) is 65.7 Å². The van der Waals surface area contributed by atoms with E-state index in [0.717, 1.165) is 12.0 Å². The summed E-state index contributed by atoms with van der Waals surface area (Å²) in [7, 11) is 0. The molecule has 0 heterocycles. The van der Waals surface area contributed by atoms with E-state index in [9.17, 15) is 0 Å². The Morgan fingerprint density at radius 1 is 1.11 bits per heavy atom. The van der Waals surface area contributed by atoms with Gasteiger partial charge in [0.1, 0.15) is 0 Å². The maximum atomic E-state index is 3.83. The molecular formula is C17H34N2. The van der Waals surface area contributed by atoms with Crippen molar-refractivity contribution in [2.75, 3.05) is 26.2 Å². The smallest absolute Gasteiger partial charge is 0.00684 e. The summed E-state index contributed by atoms with van der Waals surface area (Å²) in [6, 6.07) is 0.859. The van der Waals surface area contributed by atoms with E-state index in [-0.39, 0.29) is 0 Å². The summed E-state index contributed by atoms with van der Waals surface area (Å²) in [6.07, 6.45) is 9.88. The molecule has 0 aliphatic heterocycles. The molecule has 2 saturated carbocycles. The van der Waals surface area contributed by atoms with E-state index in [2.05, 4.69) is 31.0 Å². The largest absolute Gasteiger partial charge is 0.313 e. The van der Waals surface area contributed by atoms with Crippen LogP contribution < -0.4 is 5.32 Å². The summed E-state index contributed by atoms with van der Waals surface area (Å²) >= 11 is 0. The lowest BCUT2D eigenvalue weighted by atomic mass is 9.70. The van der Waals surface area contributed by atoms with Gasteiger partial charge in [-0.1, -0.05) is 33.6 Å². The third-order valence-corrected chi connectivity index (χ3v) is 5.22. The molecule has 0 unspecified atom stereocenters. The van der Waals surface area contributed by atoms with E-state index < -0.39 is 0 Å². The Morgan fingerprint density at radius 3 is 2.32 bits per heavy atom. The SMILES string of the molecule is CCCN(CC)CC1(CNC2CC2)CCC(C)CC1. The third kappa shape index (κ3) is 4.75. The number of rotatable bonds is 8.